The molecule has 1 aromatic heterocycles. The molecule has 1 aromatic rings. The van der Waals surface area contributed by atoms with Gasteiger partial charge in [-0.2, -0.15) is 0 Å². The first-order valence-electron chi connectivity index (χ1n) is 4.43. The van der Waals surface area contributed by atoms with Crippen LogP contribution in [0.1, 0.15) is 34.5 Å². The Balaban J connectivity index is 2.13. The van der Waals surface area contributed by atoms with Crippen LogP contribution < -0.4 is 0 Å². The third-order valence-electron chi connectivity index (χ3n) is 3.16. The van der Waals surface area contributed by atoms with Gasteiger partial charge in [0.05, 0.1) is 4.88 Å². The summed E-state index contributed by atoms with van der Waals surface area (Å²) in [5.41, 5.74) is 1.42. The molecule has 1 saturated carbocycles. The lowest BCUT2D eigenvalue weighted by molar-refractivity contribution is 0.0885. The second-order valence-electron chi connectivity index (χ2n) is 3.88. The Kier molecular flexibility index (Phi) is 1.14. The number of thiophene rings is 1. The van der Waals surface area contributed by atoms with Crippen LogP contribution in [0.5, 0.6) is 0 Å². The van der Waals surface area contributed by atoms with Gasteiger partial charge in [0.2, 0.25) is 0 Å². The molecule has 1 nitrogen and oxygen atoms in total. The summed E-state index contributed by atoms with van der Waals surface area (Å²) >= 11 is 1.63. The smallest absolute Gasteiger partial charge is 0.179 e. The topological polar surface area (TPSA) is 17.1 Å². The number of carbonyl (C=O) groups excluding carboxylic acids is 1. The highest BCUT2D eigenvalue weighted by Gasteiger charge is 2.52. The minimum absolute atomic E-state index is 0.123. The van der Waals surface area contributed by atoms with Gasteiger partial charge in [-0.05, 0) is 42.7 Å². The molecule has 1 fully saturated rings. The van der Waals surface area contributed by atoms with Crippen LogP contribution in [0, 0.1) is 5.41 Å². The summed E-state index contributed by atoms with van der Waals surface area (Å²) in [7, 11) is 0. The van der Waals surface area contributed by atoms with E-state index in [1.165, 1.54) is 5.56 Å². The van der Waals surface area contributed by atoms with E-state index in [-0.39, 0.29) is 5.41 Å². The fourth-order valence-corrected chi connectivity index (χ4v) is 3.10. The highest BCUT2D eigenvalue weighted by molar-refractivity contribution is 7.12. The van der Waals surface area contributed by atoms with E-state index in [1.807, 2.05) is 5.38 Å². The van der Waals surface area contributed by atoms with Crippen LogP contribution in [-0.2, 0) is 6.42 Å². The summed E-state index contributed by atoms with van der Waals surface area (Å²) in [6.07, 6.45) is 4.52. The van der Waals surface area contributed by atoms with Crippen molar-refractivity contribution in [1.82, 2.24) is 0 Å². The second-order valence-corrected chi connectivity index (χ2v) is 4.80. The van der Waals surface area contributed by atoms with Gasteiger partial charge in [-0.1, -0.05) is 0 Å². The quantitative estimate of drug-likeness (QED) is 0.597. The lowest BCUT2D eigenvalue weighted by Gasteiger charge is -2.19. The molecule has 1 heterocycles. The molecule has 0 aliphatic heterocycles. The third-order valence-corrected chi connectivity index (χ3v) is 4.12. The van der Waals surface area contributed by atoms with Gasteiger partial charge in [-0.15, -0.1) is 11.3 Å². The van der Waals surface area contributed by atoms with E-state index in [9.17, 15) is 4.79 Å². The summed E-state index contributed by atoms with van der Waals surface area (Å²) in [6.45, 7) is 0. The van der Waals surface area contributed by atoms with Crippen LogP contribution in [0.3, 0.4) is 0 Å². The van der Waals surface area contributed by atoms with Crippen LogP contribution in [-0.4, -0.2) is 5.78 Å². The molecule has 2 heteroatoms. The SMILES string of the molecule is O=C1c2sccc2CCC12CC2. The summed E-state index contributed by atoms with van der Waals surface area (Å²) in [5, 5.41) is 2.05. The van der Waals surface area contributed by atoms with E-state index in [0.29, 0.717) is 5.78 Å². The van der Waals surface area contributed by atoms with Gasteiger partial charge in [0, 0.05) is 5.41 Å². The second kappa shape index (κ2) is 1.99. The molecule has 2 aliphatic rings. The third kappa shape index (κ3) is 0.712. The Morgan fingerprint density at radius 2 is 2.17 bits per heavy atom. The summed E-state index contributed by atoms with van der Waals surface area (Å²) in [6, 6.07) is 2.10. The standard InChI is InChI=1S/C10H10OS/c11-9-8-7(2-6-12-8)1-3-10(9)4-5-10/h2,6H,1,3-5H2. The molecule has 0 aromatic carbocycles. The number of ketones is 1. The molecule has 3 rings (SSSR count). The van der Waals surface area contributed by atoms with Crippen molar-refractivity contribution in [3.63, 3.8) is 0 Å². The number of fused-ring (bicyclic) bond motifs is 1. The van der Waals surface area contributed by atoms with Crippen molar-refractivity contribution in [2.45, 2.75) is 25.7 Å². The highest BCUT2D eigenvalue weighted by Crippen LogP contribution is 2.55. The van der Waals surface area contributed by atoms with Crippen LogP contribution in [0.25, 0.3) is 0 Å². The van der Waals surface area contributed by atoms with Crippen molar-refractivity contribution in [3.05, 3.63) is 21.9 Å². The zero-order valence-corrected chi connectivity index (χ0v) is 7.62. The molecule has 0 atom stereocenters. The van der Waals surface area contributed by atoms with Gasteiger partial charge in [0.15, 0.2) is 5.78 Å². The van der Waals surface area contributed by atoms with Crippen molar-refractivity contribution in [2.24, 2.45) is 5.41 Å². The van der Waals surface area contributed by atoms with Crippen molar-refractivity contribution >= 4 is 17.1 Å². The predicted octanol–water partition coefficient (Wildman–Crippen LogP) is 2.66. The molecule has 0 unspecified atom stereocenters. The van der Waals surface area contributed by atoms with Crippen LogP contribution in [0.2, 0.25) is 0 Å². The van der Waals surface area contributed by atoms with Gasteiger partial charge >= 0.3 is 0 Å². The fourth-order valence-electron chi connectivity index (χ4n) is 2.09. The van der Waals surface area contributed by atoms with Crippen molar-refractivity contribution < 1.29 is 4.79 Å². The van der Waals surface area contributed by atoms with Crippen molar-refractivity contribution in [2.75, 3.05) is 0 Å². The fraction of sp³-hybridized carbons (Fsp3) is 0.500. The van der Waals surface area contributed by atoms with E-state index < -0.39 is 0 Å². The molecular formula is C10H10OS. The number of carbonyl (C=O) groups is 1. The molecule has 62 valence electrons. The molecule has 1 spiro atoms. The van der Waals surface area contributed by atoms with Gasteiger partial charge in [-0.3, -0.25) is 4.79 Å². The Morgan fingerprint density at radius 1 is 1.33 bits per heavy atom. The number of hydrogen-bond donors (Lipinski definition) is 0. The minimum Gasteiger partial charge on any atom is -0.293 e. The number of hydrogen-bond acceptors (Lipinski definition) is 2. The van der Waals surface area contributed by atoms with E-state index in [4.69, 9.17) is 0 Å². The maximum absolute atomic E-state index is 11.9. The molecule has 2 aliphatic carbocycles. The summed E-state index contributed by atoms with van der Waals surface area (Å²) in [5.74, 6) is 0.443. The maximum atomic E-state index is 11.9. The Morgan fingerprint density at radius 3 is 2.92 bits per heavy atom. The Hall–Kier alpha value is -0.630. The van der Waals surface area contributed by atoms with Crippen LogP contribution >= 0.6 is 11.3 Å². The molecule has 0 bridgehead atoms. The Bertz CT molecular complexity index is 346. The number of rotatable bonds is 0. The molecule has 0 amide bonds. The average Bonchev–Trinajstić information content (AvgIpc) is 2.69. The van der Waals surface area contributed by atoms with E-state index >= 15 is 0 Å². The largest absolute Gasteiger partial charge is 0.293 e. The van der Waals surface area contributed by atoms with Gasteiger partial charge in [-0.25, -0.2) is 0 Å². The monoisotopic (exact) mass is 178 g/mol. The van der Waals surface area contributed by atoms with Crippen molar-refractivity contribution in [1.29, 1.82) is 0 Å². The predicted molar refractivity (Wildman–Crippen MR) is 48.6 cm³/mol. The first-order chi connectivity index (χ1) is 5.82. The van der Waals surface area contributed by atoms with E-state index in [0.717, 1.165) is 30.6 Å². The van der Waals surface area contributed by atoms with Gasteiger partial charge in [0.25, 0.3) is 0 Å². The molecular weight excluding hydrogens is 168 g/mol. The summed E-state index contributed by atoms with van der Waals surface area (Å²) < 4.78 is 0. The number of Topliss-reactive ketones (excluding diaryl/α,β-unsaturated/α-hetero) is 1. The lowest BCUT2D eigenvalue weighted by Crippen LogP contribution is -2.21. The van der Waals surface area contributed by atoms with Gasteiger partial charge in [0.1, 0.15) is 0 Å². The molecule has 0 N–H and O–H groups in total. The minimum atomic E-state index is 0.123. The number of aryl methyl sites for hydroxylation is 1. The Labute approximate surface area is 75.4 Å². The zero-order chi connectivity index (χ0) is 8.18. The van der Waals surface area contributed by atoms with Crippen molar-refractivity contribution in [3.8, 4) is 0 Å². The zero-order valence-electron chi connectivity index (χ0n) is 6.80. The van der Waals surface area contributed by atoms with Crippen LogP contribution in [0.4, 0.5) is 0 Å². The van der Waals surface area contributed by atoms with Gasteiger partial charge < -0.3 is 0 Å². The molecule has 0 saturated heterocycles. The van der Waals surface area contributed by atoms with Crippen LogP contribution in [0.15, 0.2) is 11.4 Å². The summed E-state index contributed by atoms with van der Waals surface area (Å²) in [4.78, 5) is 12.9. The first kappa shape index (κ1) is 6.84. The average molecular weight is 178 g/mol. The molecule has 12 heavy (non-hydrogen) atoms. The normalized spacial score (nSPS) is 24.2. The first-order valence-corrected chi connectivity index (χ1v) is 5.31. The van der Waals surface area contributed by atoms with E-state index in [1.54, 1.807) is 11.3 Å². The lowest BCUT2D eigenvalue weighted by atomic mass is 9.85. The maximum Gasteiger partial charge on any atom is 0.179 e. The highest BCUT2D eigenvalue weighted by atomic mass is 32.1. The molecule has 0 radical (unpaired) electrons. The van der Waals surface area contributed by atoms with E-state index in [2.05, 4.69) is 6.07 Å².